The Morgan fingerprint density at radius 1 is 1.39 bits per heavy atom. The Morgan fingerprint density at radius 3 is 2.78 bits per heavy atom. The summed E-state index contributed by atoms with van der Waals surface area (Å²) < 4.78 is 13.9. The van der Waals surface area contributed by atoms with Gasteiger partial charge in [0.2, 0.25) is 0 Å². The number of rotatable bonds is 3. The molecule has 3 unspecified atom stereocenters. The maximum Gasteiger partial charge on any atom is 0.127 e. The van der Waals surface area contributed by atoms with E-state index in [1.54, 1.807) is 12.1 Å². The fraction of sp³-hybridized carbons (Fsp3) is 0.600. The summed E-state index contributed by atoms with van der Waals surface area (Å²) in [6, 6.07) is 4.94. The van der Waals surface area contributed by atoms with Crippen LogP contribution in [-0.2, 0) is 6.42 Å². The quantitative estimate of drug-likeness (QED) is 0.886. The van der Waals surface area contributed by atoms with E-state index in [0.717, 1.165) is 12.3 Å². The molecule has 0 aromatic heterocycles. The second kappa shape index (κ2) is 4.50. The minimum Gasteiger partial charge on any atom is -0.330 e. The van der Waals surface area contributed by atoms with Crippen molar-refractivity contribution >= 4 is 11.6 Å². The minimum atomic E-state index is -0.182. The summed E-state index contributed by atoms with van der Waals surface area (Å²) >= 11 is 6.15. The van der Waals surface area contributed by atoms with Crippen LogP contribution < -0.4 is 5.73 Å². The van der Waals surface area contributed by atoms with Crippen molar-refractivity contribution in [3.8, 4) is 0 Å². The zero-order chi connectivity index (χ0) is 12.8. The van der Waals surface area contributed by atoms with Crippen molar-refractivity contribution in [2.45, 2.75) is 32.1 Å². The molecule has 0 aliphatic heterocycles. The SMILES string of the molecule is NCC1(Cc2c(F)cccc2Cl)CC2CCC1C2. The van der Waals surface area contributed by atoms with Crippen LogP contribution in [0.15, 0.2) is 18.2 Å². The summed E-state index contributed by atoms with van der Waals surface area (Å²) in [5, 5.41) is 0.547. The van der Waals surface area contributed by atoms with E-state index in [0.29, 0.717) is 29.5 Å². The molecule has 2 aliphatic rings. The van der Waals surface area contributed by atoms with E-state index in [1.165, 1.54) is 25.3 Å². The molecular weight excluding hydrogens is 249 g/mol. The zero-order valence-corrected chi connectivity index (χ0v) is 11.2. The molecule has 98 valence electrons. The molecule has 3 rings (SSSR count). The minimum absolute atomic E-state index is 0.0920. The van der Waals surface area contributed by atoms with E-state index in [-0.39, 0.29) is 11.2 Å². The molecule has 0 amide bonds. The van der Waals surface area contributed by atoms with Gasteiger partial charge in [-0.05, 0) is 61.6 Å². The molecule has 0 spiro atoms. The lowest BCUT2D eigenvalue weighted by Gasteiger charge is -2.37. The molecule has 0 saturated heterocycles. The number of hydrogen-bond donors (Lipinski definition) is 1. The lowest BCUT2D eigenvalue weighted by Crippen LogP contribution is -2.38. The van der Waals surface area contributed by atoms with Gasteiger partial charge in [0.15, 0.2) is 0 Å². The highest BCUT2D eigenvalue weighted by atomic mass is 35.5. The summed E-state index contributed by atoms with van der Waals surface area (Å²) in [5.74, 6) is 1.30. The average molecular weight is 268 g/mol. The van der Waals surface area contributed by atoms with Crippen molar-refractivity contribution in [3.05, 3.63) is 34.6 Å². The van der Waals surface area contributed by atoms with E-state index in [1.807, 2.05) is 0 Å². The Hall–Kier alpha value is -0.600. The first-order valence-electron chi connectivity index (χ1n) is 6.77. The van der Waals surface area contributed by atoms with Crippen LogP contribution in [0.1, 0.15) is 31.2 Å². The maximum absolute atomic E-state index is 13.9. The molecule has 3 heteroatoms. The van der Waals surface area contributed by atoms with E-state index in [2.05, 4.69) is 0 Å². The first-order valence-corrected chi connectivity index (χ1v) is 7.15. The topological polar surface area (TPSA) is 26.0 Å². The summed E-state index contributed by atoms with van der Waals surface area (Å²) in [6.07, 6.45) is 5.73. The van der Waals surface area contributed by atoms with Gasteiger partial charge in [-0.15, -0.1) is 0 Å². The molecule has 2 bridgehead atoms. The molecule has 2 saturated carbocycles. The van der Waals surface area contributed by atoms with Gasteiger partial charge in [-0.1, -0.05) is 24.1 Å². The Balaban J connectivity index is 1.91. The zero-order valence-electron chi connectivity index (χ0n) is 10.5. The van der Waals surface area contributed by atoms with Gasteiger partial charge in [0.05, 0.1) is 0 Å². The average Bonchev–Trinajstić information content (AvgIpc) is 2.95. The Morgan fingerprint density at radius 2 is 2.22 bits per heavy atom. The number of hydrogen-bond acceptors (Lipinski definition) is 1. The van der Waals surface area contributed by atoms with Crippen LogP contribution in [0.5, 0.6) is 0 Å². The standard InChI is InChI=1S/C15H19ClFN/c16-13-2-1-3-14(17)12(13)8-15(9-18)7-10-4-5-11(15)6-10/h1-3,10-11H,4-9,18H2. The van der Waals surface area contributed by atoms with Crippen molar-refractivity contribution in [3.63, 3.8) is 0 Å². The highest BCUT2D eigenvalue weighted by Crippen LogP contribution is 2.57. The molecule has 18 heavy (non-hydrogen) atoms. The van der Waals surface area contributed by atoms with Crippen LogP contribution in [0.2, 0.25) is 5.02 Å². The normalized spacial score (nSPS) is 34.2. The third kappa shape index (κ3) is 1.86. The third-order valence-electron chi connectivity index (χ3n) is 5.10. The van der Waals surface area contributed by atoms with Crippen molar-refractivity contribution < 1.29 is 4.39 Å². The molecule has 2 aliphatic carbocycles. The summed E-state index contributed by atoms with van der Waals surface area (Å²) in [7, 11) is 0. The van der Waals surface area contributed by atoms with E-state index < -0.39 is 0 Å². The molecule has 1 aromatic carbocycles. The first-order chi connectivity index (χ1) is 8.64. The fourth-order valence-corrected chi connectivity index (χ4v) is 4.38. The molecule has 1 aromatic rings. The molecule has 2 N–H and O–H groups in total. The molecule has 0 heterocycles. The van der Waals surface area contributed by atoms with Crippen LogP contribution in [0.25, 0.3) is 0 Å². The number of nitrogens with two attached hydrogens (primary N) is 1. The highest BCUT2D eigenvalue weighted by Gasteiger charge is 2.50. The molecule has 1 nitrogen and oxygen atoms in total. The van der Waals surface area contributed by atoms with Crippen LogP contribution in [-0.4, -0.2) is 6.54 Å². The van der Waals surface area contributed by atoms with Gasteiger partial charge in [-0.25, -0.2) is 4.39 Å². The second-order valence-corrected chi connectivity index (χ2v) is 6.43. The maximum atomic E-state index is 13.9. The van der Waals surface area contributed by atoms with Gasteiger partial charge < -0.3 is 5.73 Å². The highest BCUT2D eigenvalue weighted by molar-refractivity contribution is 6.31. The predicted molar refractivity (Wildman–Crippen MR) is 72.0 cm³/mol. The Labute approximate surface area is 113 Å². The van der Waals surface area contributed by atoms with Gasteiger partial charge in [0.25, 0.3) is 0 Å². The Bertz CT molecular complexity index is 442. The van der Waals surface area contributed by atoms with Gasteiger partial charge >= 0.3 is 0 Å². The monoisotopic (exact) mass is 267 g/mol. The van der Waals surface area contributed by atoms with Gasteiger partial charge in [-0.2, -0.15) is 0 Å². The van der Waals surface area contributed by atoms with Crippen molar-refractivity contribution in [2.24, 2.45) is 23.0 Å². The van der Waals surface area contributed by atoms with E-state index >= 15 is 0 Å². The fourth-order valence-electron chi connectivity index (χ4n) is 4.15. The lowest BCUT2D eigenvalue weighted by atomic mass is 9.69. The Kier molecular flexibility index (Phi) is 3.11. The first kappa shape index (κ1) is 12.4. The van der Waals surface area contributed by atoms with E-state index in [4.69, 9.17) is 17.3 Å². The van der Waals surface area contributed by atoms with Crippen LogP contribution >= 0.6 is 11.6 Å². The van der Waals surface area contributed by atoms with Crippen LogP contribution in [0, 0.1) is 23.1 Å². The number of fused-ring (bicyclic) bond motifs is 2. The largest absolute Gasteiger partial charge is 0.330 e. The van der Waals surface area contributed by atoms with Gasteiger partial charge in [0, 0.05) is 10.6 Å². The van der Waals surface area contributed by atoms with Crippen molar-refractivity contribution in [1.29, 1.82) is 0 Å². The number of halogens is 2. The second-order valence-electron chi connectivity index (χ2n) is 6.02. The molecule has 3 atom stereocenters. The smallest absolute Gasteiger partial charge is 0.127 e. The molecule has 0 radical (unpaired) electrons. The summed E-state index contributed by atoms with van der Waals surface area (Å²) in [4.78, 5) is 0. The molecule has 2 fully saturated rings. The van der Waals surface area contributed by atoms with Gasteiger partial charge in [-0.3, -0.25) is 0 Å². The lowest BCUT2D eigenvalue weighted by molar-refractivity contribution is 0.170. The van der Waals surface area contributed by atoms with Crippen LogP contribution in [0.3, 0.4) is 0 Å². The van der Waals surface area contributed by atoms with Crippen molar-refractivity contribution in [1.82, 2.24) is 0 Å². The predicted octanol–water partition coefficient (Wildman–Crippen LogP) is 3.79. The van der Waals surface area contributed by atoms with E-state index in [9.17, 15) is 4.39 Å². The number of benzene rings is 1. The summed E-state index contributed by atoms with van der Waals surface area (Å²) in [6.45, 7) is 0.652. The van der Waals surface area contributed by atoms with Crippen molar-refractivity contribution in [2.75, 3.05) is 6.54 Å². The molecular formula is C15H19ClFN. The third-order valence-corrected chi connectivity index (χ3v) is 5.45. The van der Waals surface area contributed by atoms with Gasteiger partial charge in [0.1, 0.15) is 5.82 Å². The van der Waals surface area contributed by atoms with Crippen LogP contribution in [0.4, 0.5) is 4.39 Å². The summed E-state index contributed by atoms with van der Waals surface area (Å²) in [5.41, 5.74) is 6.79.